The van der Waals surface area contributed by atoms with E-state index in [0.717, 1.165) is 22.8 Å². The second-order valence-electron chi connectivity index (χ2n) is 2.51. The minimum atomic E-state index is 0.906. The van der Waals surface area contributed by atoms with Crippen LogP contribution in [0.2, 0.25) is 0 Å². The summed E-state index contributed by atoms with van der Waals surface area (Å²) in [5.74, 6) is 0. The molecule has 1 aliphatic rings. The van der Waals surface area contributed by atoms with Gasteiger partial charge in [-0.3, -0.25) is 4.99 Å². The van der Waals surface area contributed by atoms with E-state index in [2.05, 4.69) is 16.9 Å². The van der Waals surface area contributed by atoms with E-state index in [1.807, 2.05) is 20.8 Å². The number of hydrogen-bond donors (Lipinski definition) is 1. The summed E-state index contributed by atoms with van der Waals surface area (Å²) >= 11 is 0. The fourth-order valence-electron chi connectivity index (χ4n) is 0.810. The maximum atomic E-state index is 4.28. The molecule has 0 aromatic carbocycles. The second kappa shape index (κ2) is 2.29. The first kappa shape index (κ1) is 7.06. The first-order valence-electron chi connectivity index (χ1n) is 3.30. The van der Waals surface area contributed by atoms with Crippen molar-refractivity contribution in [2.24, 2.45) is 4.99 Å². The molecule has 0 aromatic rings. The summed E-state index contributed by atoms with van der Waals surface area (Å²) in [5.41, 5.74) is 4.02. The molecule has 1 aliphatic heterocycles. The molecule has 0 unspecified atom stereocenters. The number of allylic oxidation sites excluding steroid dienone is 3. The fraction of sp³-hybridized carbons (Fsp3) is 0.375. The van der Waals surface area contributed by atoms with E-state index >= 15 is 0 Å². The predicted octanol–water partition coefficient (Wildman–Crippen LogP) is 1.82. The van der Waals surface area contributed by atoms with Crippen molar-refractivity contribution in [3.63, 3.8) is 0 Å². The summed E-state index contributed by atoms with van der Waals surface area (Å²) < 4.78 is 0. The molecule has 0 radical (unpaired) electrons. The Hall–Kier alpha value is -1.05. The maximum Gasteiger partial charge on any atom is 0.0604 e. The predicted molar refractivity (Wildman–Crippen MR) is 43.8 cm³/mol. The van der Waals surface area contributed by atoms with Crippen LogP contribution in [-0.2, 0) is 0 Å². The molecule has 2 nitrogen and oxygen atoms in total. The molecular weight excluding hydrogens is 124 g/mol. The van der Waals surface area contributed by atoms with E-state index in [-0.39, 0.29) is 0 Å². The molecule has 0 aromatic heterocycles. The van der Waals surface area contributed by atoms with Crippen LogP contribution in [-0.4, -0.2) is 5.71 Å². The molecule has 0 spiro atoms. The highest BCUT2D eigenvalue weighted by atomic mass is 15.0. The lowest BCUT2D eigenvalue weighted by Gasteiger charge is -2.16. The van der Waals surface area contributed by atoms with Crippen LogP contribution in [0.25, 0.3) is 0 Å². The van der Waals surface area contributed by atoms with Crippen LogP contribution in [0.4, 0.5) is 0 Å². The Labute approximate surface area is 61.4 Å². The molecule has 0 bridgehead atoms. The lowest BCUT2D eigenvalue weighted by atomic mass is 10.2. The van der Waals surface area contributed by atoms with Crippen molar-refractivity contribution in [3.05, 3.63) is 23.7 Å². The van der Waals surface area contributed by atoms with Gasteiger partial charge in [-0.15, -0.1) is 0 Å². The summed E-state index contributed by atoms with van der Waals surface area (Å²) in [4.78, 5) is 4.28. The fourth-order valence-corrected chi connectivity index (χ4v) is 0.810. The van der Waals surface area contributed by atoms with Crippen LogP contribution in [0.15, 0.2) is 28.7 Å². The van der Waals surface area contributed by atoms with Gasteiger partial charge in [0.1, 0.15) is 0 Å². The van der Waals surface area contributed by atoms with Gasteiger partial charge in [-0.2, -0.15) is 0 Å². The maximum absolute atomic E-state index is 4.28. The smallest absolute Gasteiger partial charge is 0.0604 e. The molecule has 1 rings (SSSR count). The van der Waals surface area contributed by atoms with Crippen molar-refractivity contribution in [1.82, 2.24) is 5.32 Å². The van der Waals surface area contributed by atoms with E-state index in [0.29, 0.717) is 0 Å². The van der Waals surface area contributed by atoms with E-state index in [4.69, 9.17) is 0 Å². The third kappa shape index (κ3) is 1.10. The SMILES string of the molecule is C=C1NC(C)=C(C)N=C1C. The van der Waals surface area contributed by atoms with Crippen molar-refractivity contribution in [3.8, 4) is 0 Å². The van der Waals surface area contributed by atoms with Gasteiger partial charge in [0.05, 0.1) is 17.1 Å². The molecule has 2 heteroatoms. The van der Waals surface area contributed by atoms with Crippen molar-refractivity contribution < 1.29 is 0 Å². The van der Waals surface area contributed by atoms with E-state index in [1.54, 1.807) is 0 Å². The van der Waals surface area contributed by atoms with E-state index in [1.165, 1.54) is 0 Å². The Morgan fingerprint density at radius 2 is 1.90 bits per heavy atom. The van der Waals surface area contributed by atoms with Gasteiger partial charge in [0.2, 0.25) is 0 Å². The van der Waals surface area contributed by atoms with E-state index < -0.39 is 0 Å². The highest BCUT2D eigenvalue weighted by Gasteiger charge is 2.06. The topological polar surface area (TPSA) is 24.4 Å². The number of rotatable bonds is 0. The molecule has 0 amide bonds. The minimum absolute atomic E-state index is 0.906. The minimum Gasteiger partial charge on any atom is -0.357 e. The quantitative estimate of drug-likeness (QED) is 0.539. The van der Waals surface area contributed by atoms with Gasteiger partial charge in [0.15, 0.2) is 0 Å². The highest BCUT2D eigenvalue weighted by molar-refractivity contribution is 5.98. The zero-order valence-corrected chi connectivity index (χ0v) is 6.65. The van der Waals surface area contributed by atoms with Crippen molar-refractivity contribution in [1.29, 1.82) is 0 Å². The molecule has 10 heavy (non-hydrogen) atoms. The summed E-state index contributed by atoms with van der Waals surface area (Å²) in [6.45, 7) is 9.73. The van der Waals surface area contributed by atoms with Gasteiger partial charge < -0.3 is 5.32 Å². The number of aliphatic imine (C=N–C) groups is 1. The summed E-state index contributed by atoms with van der Waals surface area (Å²) in [5, 5.41) is 3.13. The van der Waals surface area contributed by atoms with E-state index in [9.17, 15) is 0 Å². The average Bonchev–Trinajstić information content (AvgIpc) is 1.84. The Kier molecular flexibility index (Phi) is 1.62. The zero-order valence-electron chi connectivity index (χ0n) is 6.65. The van der Waals surface area contributed by atoms with Gasteiger partial charge in [-0.25, -0.2) is 0 Å². The summed E-state index contributed by atoms with van der Waals surface area (Å²) in [7, 11) is 0. The molecule has 1 N–H and O–H groups in total. The molecule has 0 saturated carbocycles. The molecule has 0 saturated heterocycles. The van der Waals surface area contributed by atoms with Crippen LogP contribution in [0.5, 0.6) is 0 Å². The summed E-state index contributed by atoms with van der Waals surface area (Å²) in [6, 6.07) is 0. The van der Waals surface area contributed by atoms with Gasteiger partial charge >= 0.3 is 0 Å². The van der Waals surface area contributed by atoms with Crippen molar-refractivity contribution in [2.75, 3.05) is 0 Å². The first-order valence-corrected chi connectivity index (χ1v) is 3.30. The third-order valence-electron chi connectivity index (χ3n) is 1.65. The van der Waals surface area contributed by atoms with Gasteiger partial charge in [0.25, 0.3) is 0 Å². The Balaban J connectivity index is 2.99. The molecule has 0 atom stereocenters. The second-order valence-corrected chi connectivity index (χ2v) is 2.51. The van der Waals surface area contributed by atoms with Gasteiger partial charge in [-0.05, 0) is 20.8 Å². The van der Waals surface area contributed by atoms with Crippen LogP contribution in [0.3, 0.4) is 0 Å². The normalized spacial score (nSPS) is 18.7. The molecular formula is C8H12N2. The lowest BCUT2D eigenvalue weighted by molar-refractivity contribution is 0.948. The van der Waals surface area contributed by atoms with Crippen LogP contribution < -0.4 is 5.32 Å². The Morgan fingerprint density at radius 3 is 2.40 bits per heavy atom. The highest BCUT2D eigenvalue weighted by Crippen LogP contribution is 2.11. The lowest BCUT2D eigenvalue weighted by Crippen LogP contribution is -2.20. The molecule has 0 aliphatic carbocycles. The number of hydrogen-bond acceptors (Lipinski definition) is 2. The standard InChI is InChI=1S/C8H12N2/c1-5-6(2)10-8(4)7(3)9-5/h9H,1H2,2-4H3. The van der Waals surface area contributed by atoms with Crippen molar-refractivity contribution in [2.45, 2.75) is 20.8 Å². The van der Waals surface area contributed by atoms with Gasteiger partial charge in [-0.1, -0.05) is 6.58 Å². The van der Waals surface area contributed by atoms with Crippen molar-refractivity contribution >= 4 is 5.71 Å². The summed E-state index contributed by atoms with van der Waals surface area (Å²) in [6.07, 6.45) is 0. The largest absolute Gasteiger partial charge is 0.357 e. The first-order chi connectivity index (χ1) is 4.61. The number of nitrogens with one attached hydrogen (secondary N) is 1. The van der Waals surface area contributed by atoms with Gasteiger partial charge in [0, 0.05) is 5.70 Å². The Morgan fingerprint density at radius 1 is 1.30 bits per heavy atom. The Bertz CT molecular complexity index is 234. The molecule has 1 heterocycles. The van der Waals surface area contributed by atoms with Crippen LogP contribution >= 0.6 is 0 Å². The molecule has 54 valence electrons. The number of nitrogens with zero attached hydrogens (tertiary/aromatic N) is 1. The van der Waals surface area contributed by atoms with Crippen LogP contribution in [0.1, 0.15) is 20.8 Å². The van der Waals surface area contributed by atoms with Crippen LogP contribution in [0, 0.1) is 0 Å². The average molecular weight is 136 g/mol. The third-order valence-corrected chi connectivity index (χ3v) is 1.65. The molecule has 0 fully saturated rings. The zero-order chi connectivity index (χ0) is 7.72. The monoisotopic (exact) mass is 136 g/mol.